The van der Waals surface area contributed by atoms with E-state index in [0.717, 1.165) is 5.52 Å². The average molecular weight is 264 g/mol. The van der Waals surface area contributed by atoms with Gasteiger partial charge >= 0.3 is 0 Å². The van der Waals surface area contributed by atoms with Crippen LogP contribution in [-0.2, 0) is 0 Å². The van der Waals surface area contributed by atoms with E-state index in [-0.39, 0.29) is 5.78 Å². The number of carbonyl (C=O) groups excluding carboxylic acids is 1. The minimum absolute atomic E-state index is 0.0588. The highest BCUT2D eigenvalue weighted by atomic mass is 16.5. The zero-order valence-corrected chi connectivity index (χ0v) is 10.9. The van der Waals surface area contributed by atoms with E-state index in [1.807, 2.05) is 6.07 Å². The number of aromatic nitrogens is 2. The second kappa shape index (κ2) is 5.09. The number of rotatable bonds is 3. The lowest BCUT2D eigenvalue weighted by atomic mass is 10.0. The first kappa shape index (κ1) is 12.3. The average Bonchev–Trinajstić information content (AvgIpc) is 2.53. The zero-order valence-electron chi connectivity index (χ0n) is 10.9. The molecule has 0 saturated carbocycles. The fourth-order valence-electron chi connectivity index (χ4n) is 2.04. The van der Waals surface area contributed by atoms with Crippen LogP contribution in [0.3, 0.4) is 0 Å². The summed E-state index contributed by atoms with van der Waals surface area (Å²) in [5, 5.41) is 0. The quantitative estimate of drug-likeness (QED) is 0.682. The second-order valence-electron chi connectivity index (χ2n) is 4.32. The lowest BCUT2D eigenvalue weighted by Crippen LogP contribution is -2.02. The van der Waals surface area contributed by atoms with Crippen molar-refractivity contribution in [2.45, 2.75) is 0 Å². The number of benzene rings is 2. The monoisotopic (exact) mass is 264 g/mol. The fraction of sp³-hybridized carbons (Fsp3) is 0.0625. The fourth-order valence-corrected chi connectivity index (χ4v) is 2.04. The molecule has 0 N–H and O–H groups in total. The number of fused-ring (bicyclic) bond motifs is 1. The van der Waals surface area contributed by atoms with Gasteiger partial charge in [-0.3, -0.25) is 14.8 Å². The third-order valence-electron chi connectivity index (χ3n) is 3.06. The summed E-state index contributed by atoms with van der Waals surface area (Å²) < 4.78 is 5.14. The van der Waals surface area contributed by atoms with E-state index in [4.69, 9.17) is 4.74 Å². The first-order valence-electron chi connectivity index (χ1n) is 6.17. The van der Waals surface area contributed by atoms with Crippen molar-refractivity contribution >= 4 is 16.8 Å². The van der Waals surface area contributed by atoms with Gasteiger partial charge in [0.1, 0.15) is 5.75 Å². The molecule has 1 heterocycles. The zero-order chi connectivity index (χ0) is 13.9. The summed E-state index contributed by atoms with van der Waals surface area (Å²) in [5.41, 5.74) is 2.66. The molecule has 3 rings (SSSR count). The van der Waals surface area contributed by atoms with E-state index in [0.29, 0.717) is 22.4 Å². The summed E-state index contributed by atoms with van der Waals surface area (Å²) in [6.07, 6.45) is 3.24. The molecular weight excluding hydrogens is 252 g/mol. The molecule has 20 heavy (non-hydrogen) atoms. The lowest BCUT2D eigenvalue weighted by molar-refractivity contribution is 0.103. The van der Waals surface area contributed by atoms with Crippen LogP contribution in [0.15, 0.2) is 54.9 Å². The summed E-state index contributed by atoms with van der Waals surface area (Å²) in [4.78, 5) is 20.9. The van der Waals surface area contributed by atoms with E-state index in [1.165, 1.54) is 0 Å². The summed E-state index contributed by atoms with van der Waals surface area (Å²) in [6, 6.07) is 12.4. The van der Waals surface area contributed by atoms with E-state index >= 15 is 0 Å². The molecule has 0 amide bonds. The maximum absolute atomic E-state index is 12.5. The van der Waals surface area contributed by atoms with Crippen molar-refractivity contribution in [3.8, 4) is 5.75 Å². The Morgan fingerprint density at radius 3 is 2.50 bits per heavy atom. The van der Waals surface area contributed by atoms with Gasteiger partial charge in [-0.15, -0.1) is 0 Å². The number of ether oxygens (including phenoxy) is 1. The third-order valence-corrected chi connectivity index (χ3v) is 3.06. The van der Waals surface area contributed by atoms with Gasteiger partial charge in [0.2, 0.25) is 0 Å². The molecule has 1 aromatic heterocycles. The van der Waals surface area contributed by atoms with Crippen LogP contribution in [0.5, 0.6) is 5.75 Å². The van der Waals surface area contributed by atoms with Crippen molar-refractivity contribution in [1.29, 1.82) is 0 Å². The first-order chi connectivity index (χ1) is 9.78. The highest BCUT2D eigenvalue weighted by molar-refractivity contribution is 6.10. The predicted molar refractivity (Wildman–Crippen MR) is 76.0 cm³/mol. The predicted octanol–water partition coefficient (Wildman–Crippen LogP) is 2.87. The van der Waals surface area contributed by atoms with Crippen LogP contribution in [0.4, 0.5) is 0 Å². The van der Waals surface area contributed by atoms with Crippen molar-refractivity contribution < 1.29 is 9.53 Å². The Balaban J connectivity index is 2.03. The number of ketones is 1. The maximum atomic E-state index is 12.5. The number of hydrogen-bond donors (Lipinski definition) is 0. The van der Waals surface area contributed by atoms with Crippen LogP contribution < -0.4 is 4.74 Å². The van der Waals surface area contributed by atoms with Gasteiger partial charge in [-0.1, -0.05) is 12.1 Å². The molecule has 4 nitrogen and oxygen atoms in total. The van der Waals surface area contributed by atoms with Crippen molar-refractivity contribution in [2.24, 2.45) is 0 Å². The molecule has 2 aromatic carbocycles. The molecule has 0 aliphatic heterocycles. The van der Waals surface area contributed by atoms with Gasteiger partial charge in [0.15, 0.2) is 5.78 Å². The number of methoxy groups -OCH3 is 1. The Hall–Kier alpha value is -2.75. The van der Waals surface area contributed by atoms with Crippen LogP contribution in [0.1, 0.15) is 15.9 Å². The van der Waals surface area contributed by atoms with E-state index in [9.17, 15) is 4.79 Å². The summed E-state index contributed by atoms with van der Waals surface area (Å²) in [6.45, 7) is 0. The SMILES string of the molecule is COc1cccc(C(=O)c2ccc3nccnc3c2)c1. The molecule has 0 saturated heterocycles. The van der Waals surface area contributed by atoms with Crippen molar-refractivity contribution in [3.63, 3.8) is 0 Å². The van der Waals surface area contributed by atoms with Gasteiger partial charge < -0.3 is 4.74 Å². The first-order valence-corrected chi connectivity index (χ1v) is 6.17. The Morgan fingerprint density at radius 1 is 0.950 bits per heavy atom. The minimum Gasteiger partial charge on any atom is -0.497 e. The molecule has 3 aromatic rings. The molecule has 0 radical (unpaired) electrons. The molecule has 98 valence electrons. The van der Waals surface area contributed by atoms with Crippen molar-refractivity contribution in [3.05, 3.63) is 66.0 Å². The van der Waals surface area contributed by atoms with Crippen LogP contribution >= 0.6 is 0 Å². The molecule has 0 atom stereocenters. The van der Waals surface area contributed by atoms with Crippen LogP contribution in [-0.4, -0.2) is 22.9 Å². The summed E-state index contributed by atoms with van der Waals surface area (Å²) in [7, 11) is 1.58. The Bertz CT molecular complexity index is 784. The lowest BCUT2D eigenvalue weighted by Gasteiger charge is -2.05. The highest BCUT2D eigenvalue weighted by Gasteiger charge is 2.11. The smallest absolute Gasteiger partial charge is 0.193 e. The van der Waals surface area contributed by atoms with E-state index in [1.54, 1.807) is 55.9 Å². The molecule has 0 bridgehead atoms. The topological polar surface area (TPSA) is 52.1 Å². The Morgan fingerprint density at radius 2 is 1.70 bits per heavy atom. The summed E-state index contributed by atoms with van der Waals surface area (Å²) in [5.74, 6) is 0.605. The minimum atomic E-state index is -0.0588. The molecule has 0 unspecified atom stereocenters. The standard InChI is InChI=1S/C16H12N2O2/c1-20-13-4-2-3-11(9-13)16(19)12-5-6-14-15(10-12)18-8-7-17-14/h2-10H,1H3. The summed E-state index contributed by atoms with van der Waals surface area (Å²) >= 11 is 0. The van der Waals surface area contributed by atoms with Crippen LogP contribution in [0.2, 0.25) is 0 Å². The van der Waals surface area contributed by atoms with Gasteiger partial charge in [-0.2, -0.15) is 0 Å². The maximum Gasteiger partial charge on any atom is 0.193 e. The third kappa shape index (κ3) is 2.23. The Kier molecular flexibility index (Phi) is 3.13. The van der Waals surface area contributed by atoms with Gasteiger partial charge in [0.05, 0.1) is 18.1 Å². The van der Waals surface area contributed by atoms with Crippen molar-refractivity contribution in [2.75, 3.05) is 7.11 Å². The number of hydrogen-bond acceptors (Lipinski definition) is 4. The normalized spacial score (nSPS) is 10.4. The molecule has 0 spiro atoms. The molecular formula is C16H12N2O2. The molecule has 0 aliphatic rings. The van der Waals surface area contributed by atoms with Gasteiger partial charge in [-0.25, -0.2) is 0 Å². The van der Waals surface area contributed by atoms with Crippen LogP contribution in [0, 0.1) is 0 Å². The molecule has 0 fully saturated rings. The molecule has 0 aliphatic carbocycles. The second-order valence-corrected chi connectivity index (χ2v) is 4.32. The Labute approximate surface area is 116 Å². The highest BCUT2D eigenvalue weighted by Crippen LogP contribution is 2.18. The number of nitrogens with zero attached hydrogens (tertiary/aromatic N) is 2. The van der Waals surface area contributed by atoms with Gasteiger partial charge in [0.25, 0.3) is 0 Å². The molecule has 4 heteroatoms. The van der Waals surface area contributed by atoms with Gasteiger partial charge in [-0.05, 0) is 30.3 Å². The van der Waals surface area contributed by atoms with E-state index < -0.39 is 0 Å². The van der Waals surface area contributed by atoms with Crippen LogP contribution in [0.25, 0.3) is 11.0 Å². The van der Waals surface area contributed by atoms with Crippen molar-refractivity contribution in [1.82, 2.24) is 9.97 Å². The van der Waals surface area contributed by atoms with Gasteiger partial charge in [0, 0.05) is 23.5 Å². The number of carbonyl (C=O) groups is 1. The van der Waals surface area contributed by atoms with E-state index in [2.05, 4.69) is 9.97 Å². The largest absolute Gasteiger partial charge is 0.497 e.